The predicted octanol–water partition coefficient (Wildman–Crippen LogP) is 1.65. The molecule has 0 saturated heterocycles. The van der Waals surface area contributed by atoms with Crippen molar-refractivity contribution in [1.29, 1.82) is 0 Å². The number of carbonyl (C=O) groups excluding carboxylic acids is 1. The van der Waals surface area contributed by atoms with E-state index in [9.17, 15) is 4.79 Å². The monoisotopic (exact) mass is 250 g/mol. The van der Waals surface area contributed by atoms with Crippen LogP contribution in [0.5, 0.6) is 5.75 Å². The van der Waals surface area contributed by atoms with Crippen LogP contribution in [0.2, 0.25) is 0 Å². The number of benzene rings is 1. The van der Waals surface area contributed by atoms with E-state index in [1.807, 2.05) is 45.2 Å². The average Bonchev–Trinajstić information content (AvgIpc) is 2.39. The van der Waals surface area contributed by atoms with Crippen molar-refractivity contribution < 1.29 is 9.53 Å². The zero-order chi connectivity index (χ0) is 13.4. The third-order valence-corrected chi connectivity index (χ3v) is 2.81. The van der Waals surface area contributed by atoms with E-state index in [1.165, 1.54) is 0 Å². The Morgan fingerprint density at radius 3 is 2.56 bits per heavy atom. The van der Waals surface area contributed by atoms with Gasteiger partial charge in [-0.2, -0.15) is 0 Å². The molecular formula is C14H22N2O2. The highest BCUT2D eigenvalue weighted by Gasteiger charge is 2.11. The molecule has 100 valence electrons. The summed E-state index contributed by atoms with van der Waals surface area (Å²) in [4.78, 5) is 13.6. The van der Waals surface area contributed by atoms with Crippen molar-refractivity contribution >= 4 is 5.91 Å². The maximum absolute atomic E-state index is 11.8. The Labute approximate surface area is 109 Å². The Balaban J connectivity index is 2.60. The molecule has 1 N–H and O–H groups in total. The van der Waals surface area contributed by atoms with Crippen molar-refractivity contribution in [2.45, 2.75) is 20.4 Å². The third kappa shape index (κ3) is 4.04. The first kappa shape index (κ1) is 14.5. The van der Waals surface area contributed by atoms with Gasteiger partial charge >= 0.3 is 0 Å². The van der Waals surface area contributed by atoms with E-state index < -0.39 is 0 Å². The number of para-hydroxylation sites is 1. The minimum Gasteiger partial charge on any atom is -0.483 e. The number of nitrogens with one attached hydrogen (secondary N) is 1. The molecule has 0 aliphatic rings. The number of ether oxygens (including phenoxy) is 1. The third-order valence-electron chi connectivity index (χ3n) is 2.81. The molecule has 1 aromatic carbocycles. The second-order valence-electron chi connectivity index (χ2n) is 3.99. The van der Waals surface area contributed by atoms with Crippen LogP contribution >= 0.6 is 0 Å². The Morgan fingerprint density at radius 1 is 1.28 bits per heavy atom. The number of hydrogen-bond donors (Lipinski definition) is 1. The molecule has 1 aromatic rings. The van der Waals surface area contributed by atoms with Crippen LogP contribution in [0.3, 0.4) is 0 Å². The van der Waals surface area contributed by atoms with Gasteiger partial charge in [-0.15, -0.1) is 0 Å². The summed E-state index contributed by atoms with van der Waals surface area (Å²) in [5, 5.41) is 3.08. The van der Waals surface area contributed by atoms with Crippen molar-refractivity contribution in [2.24, 2.45) is 0 Å². The van der Waals surface area contributed by atoms with E-state index >= 15 is 0 Å². The van der Waals surface area contributed by atoms with E-state index in [-0.39, 0.29) is 12.5 Å². The van der Waals surface area contributed by atoms with Gasteiger partial charge in [-0.1, -0.05) is 18.2 Å². The van der Waals surface area contributed by atoms with Crippen molar-refractivity contribution in [3.8, 4) is 5.75 Å². The van der Waals surface area contributed by atoms with Gasteiger partial charge in [-0.05, 0) is 27.0 Å². The highest BCUT2D eigenvalue weighted by Crippen LogP contribution is 2.17. The van der Waals surface area contributed by atoms with E-state index in [4.69, 9.17) is 4.74 Å². The van der Waals surface area contributed by atoms with Crippen LogP contribution in [0.1, 0.15) is 19.4 Å². The Hall–Kier alpha value is -1.55. The van der Waals surface area contributed by atoms with Crippen molar-refractivity contribution in [1.82, 2.24) is 10.2 Å². The number of amides is 1. The number of likely N-dealkylation sites (N-methyl/N-ethyl adjacent to an activating group) is 1. The lowest BCUT2D eigenvalue weighted by Gasteiger charge is -2.19. The number of nitrogens with zero attached hydrogens (tertiary/aromatic N) is 1. The SMILES string of the molecule is CCN(CC)C(=O)COc1ccccc1CNC. The van der Waals surface area contributed by atoms with E-state index in [1.54, 1.807) is 4.90 Å². The van der Waals surface area contributed by atoms with Crippen molar-refractivity contribution in [2.75, 3.05) is 26.7 Å². The minimum absolute atomic E-state index is 0.0271. The summed E-state index contributed by atoms with van der Waals surface area (Å²) in [6.07, 6.45) is 0. The molecule has 18 heavy (non-hydrogen) atoms. The minimum atomic E-state index is 0.0271. The molecule has 0 radical (unpaired) electrons. The fourth-order valence-corrected chi connectivity index (χ4v) is 1.79. The van der Waals surface area contributed by atoms with Gasteiger partial charge in [0.05, 0.1) is 0 Å². The average molecular weight is 250 g/mol. The van der Waals surface area contributed by atoms with Gasteiger partial charge in [0.2, 0.25) is 0 Å². The van der Waals surface area contributed by atoms with Crippen LogP contribution in [0.25, 0.3) is 0 Å². The summed E-state index contributed by atoms with van der Waals surface area (Å²) in [6, 6.07) is 7.76. The predicted molar refractivity (Wildman–Crippen MR) is 72.6 cm³/mol. The van der Waals surface area contributed by atoms with E-state index in [2.05, 4.69) is 5.32 Å². The van der Waals surface area contributed by atoms with Crippen molar-refractivity contribution in [3.05, 3.63) is 29.8 Å². The lowest BCUT2D eigenvalue weighted by atomic mass is 10.2. The van der Waals surface area contributed by atoms with Crippen molar-refractivity contribution in [3.63, 3.8) is 0 Å². The van der Waals surface area contributed by atoms with Crippen LogP contribution in [0.4, 0.5) is 0 Å². The van der Waals surface area contributed by atoms with Crippen LogP contribution in [0.15, 0.2) is 24.3 Å². The molecule has 4 heteroatoms. The molecule has 0 heterocycles. The molecule has 0 fully saturated rings. The summed E-state index contributed by atoms with van der Waals surface area (Å²) < 4.78 is 5.60. The van der Waals surface area contributed by atoms with Crippen LogP contribution < -0.4 is 10.1 Å². The molecule has 4 nitrogen and oxygen atoms in total. The van der Waals surface area contributed by atoms with Crippen LogP contribution in [-0.4, -0.2) is 37.6 Å². The molecule has 0 aliphatic heterocycles. The van der Waals surface area contributed by atoms with Gasteiger partial charge < -0.3 is 15.0 Å². The Morgan fingerprint density at radius 2 is 1.94 bits per heavy atom. The van der Waals surface area contributed by atoms with Gasteiger partial charge in [-0.25, -0.2) is 0 Å². The highest BCUT2D eigenvalue weighted by atomic mass is 16.5. The molecule has 1 amide bonds. The van der Waals surface area contributed by atoms with Gasteiger partial charge in [0.25, 0.3) is 5.91 Å². The first-order chi connectivity index (χ1) is 8.72. The highest BCUT2D eigenvalue weighted by molar-refractivity contribution is 5.77. The van der Waals surface area contributed by atoms with Gasteiger partial charge in [0.1, 0.15) is 5.75 Å². The summed E-state index contributed by atoms with van der Waals surface area (Å²) >= 11 is 0. The quantitative estimate of drug-likeness (QED) is 0.800. The zero-order valence-electron chi connectivity index (χ0n) is 11.4. The largest absolute Gasteiger partial charge is 0.483 e. The first-order valence-electron chi connectivity index (χ1n) is 6.36. The Bertz CT molecular complexity index is 376. The topological polar surface area (TPSA) is 41.6 Å². The van der Waals surface area contributed by atoms with Gasteiger partial charge in [0.15, 0.2) is 6.61 Å². The number of carbonyl (C=O) groups is 1. The lowest BCUT2D eigenvalue weighted by molar-refractivity contribution is -0.132. The smallest absolute Gasteiger partial charge is 0.260 e. The molecule has 0 unspecified atom stereocenters. The second-order valence-corrected chi connectivity index (χ2v) is 3.99. The summed E-state index contributed by atoms with van der Waals surface area (Å²) in [5.74, 6) is 0.798. The normalized spacial score (nSPS) is 10.2. The van der Waals surface area contributed by atoms with Crippen LogP contribution in [0, 0.1) is 0 Å². The first-order valence-corrected chi connectivity index (χ1v) is 6.36. The van der Waals surface area contributed by atoms with E-state index in [0.717, 1.165) is 30.9 Å². The molecule has 0 aliphatic carbocycles. The molecule has 0 atom stereocenters. The summed E-state index contributed by atoms with van der Waals surface area (Å²) in [7, 11) is 1.89. The van der Waals surface area contributed by atoms with Gasteiger partial charge in [-0.3, -0.25) is 4.79 Å². The maximum atomic E-state index is 11.8. The van der Waals surface area contributed by atoms with E-state index in [0.29, 0.717) is 0 Å². The summed E-state index contributed by atoms with van der Waals surface area (Å²) in [5.41, 5.74) is 1.06. The standard InChI is InChI=1S/C14H22N2O2/c1-4-16(5-2)14(17)11-18-13-9-7-6-8-12(13)10-15-3/h6-9,15H,4-5,10-11H2,1-3H3. The summed E-state index contributed by atoms with van der Waals surface area (Å²) in [6.45, 7) is 6.21. The molecular weight excluding hydrogens is 228 g/mol. The fourth-order valence-electron chi connectivity index (χ4n) is 1.79. The number of hydrogen-bond acceptors (Lipinski definition) is 3. The zero-order valence-corrected chi connectivity index (χ0v) is 11.4. The lowest BCUT2D eigenvalue weighted by Crippen LogP contribution is -2.34. The molecule has 0 spiro atoms. The molecule has 0 saturated carbocycles. The van der Waals surface area contributed by atoms with Gasteiger partial charge in [0, 0.05) is 25.2 Å². The second kappa shape index (κ2) is 7.71. The molecule has 1 rings (SSSR count). The maximum Gasteiger partial charge on any atom is 0.260 e. The molecule has 0 bridgehead atoms. The van der Waals surface area contributed by atoms with Crippen LogP contribution in [-0.2, 0) is 11.3 Å². The number of rotatable bonds is 7. The Kier molecular flexibility index (Phi) is 6.22. The molecule has 0 aromatic heterocycles. The fraction of sp³-hybridized carbons (Fsp3) is 0.500.